The van der Waals surface area contributed by atoms with Gasteiger partial charge < -0.3 is 5.32 Å². The molecule has 1 amide bonds. The molecule has 1 aliphatic heterocycles. The number of nitrogens with zero attached hydrogens (tertiary/aromatic N) is 1. The van der Waals surface area contributed by atoms with E-state index in [2.05, 4.69) is 10.3 Å². The minimum atomic E-state index is -2.96. The largest absolute Gasteiger partial charge is 0.352 e. The van der Waals surface area contributed by atoms with Gasteiger partial charge in [0.05, 0.1) is 27.5 Å². The third-order valence-corrected chi connectivity index (χ3v) is 7.15. The van der Waals surface area contributed by atoms with Crippen LogP contribution in [-0.4, -0.2) is 42.6 Å². The van der Waals surface area contributed by atoms with Gasteiger partial charge in [0.1, 0.15) is 0 Å². The topological polar surface area (TPSA) is 76.1 Å². The first-order chi connectivity index (χ1) is 10.0. The minimum absolute atomic E-state index is 0.0601. The molecule has 1 fully saturated rings. The number of rotatable bonds is 4. The molecule has 0 saturated carbocycles. The second-order valence-corrected chi connectivity index (χ2v) is 9.39. The molecule has 1 aliphatic rings. The van der Waals surface area contributed by atoms with Crippen molar-refractivity contribution in [3.63, 3.8) is 0 Å². The Balaban J connectivity index is 1.54. The van der Waals surface area contributed by atoms with Crippen LogP contribution in [-0.2, 0) is 14.6 Å². The van der Waals surface area contributed by atoms with E-state index in [0.29, 0.717) is 6.42 Å². The third-order valence-electron chi connectivity index (χ3n) is 3.20. The lowest BCUT2D eigenvalue weighted by Crippen LogP contribution is -2.36. The average molecular weight is 342 g/mol. The number of carbonyl (C=O) groups excluding carboxylic acids is 1. The Morgan fingerprint density at radius 1 is 1.43 bits per heavy atom. The summed E-state index contributed by atoms with van der Waals surface area (Å²) in [5, 5.41) is 2.78. The number of hydrogen-bond donors (Lipinski definition) is 1. The summed E-state index contributed by atoms with van der Waals surface area (Å²) in [6.07, 6.45) is 0.514. The van der Waals surface area contributed by atoms with Crippen LogP contribution in [0.4, 0.5) is 0 Å². The smallest absolute Gasteiger partial charge is 0.230 e. The lowest BCUT2D eigenvalue weighted by molar-refractivity contribution is -0.119. The molecule has 2 heterocycles. The molecule has 1 N–H and O–H groups in total. The molecule has 0 unspecified atom stereocenters. The zero-order valence-corrected chi connectivity index (χ0v) is 13.6. The van der Waals surface area contributed by atoms with Crippen LogP contribution in [0.25, 0.3) is 10.2 Å². The van der Waals surface area contributed by atoms with Crippen molar-refractivity contribution < 1.29 is 13.2 Å². The quantitative estimate of drug-likeness (QED) is 0.856. The van der Waals surface area contributed by atoms with Crippen molar-refractivity contribution >= 4 is 49.1 Å². The fourth-order valence-electron chi connectivity index (χ4n) is 2.22. The van der Waals surface area contributed by atoms with Crippen molar-refractivity contribution in [3.8, 4) is 0 Å². The lowest BCUT2D eigenvalue weighted by Gasteiger charge is -2.09. The van der Waals surface area contributed by atoms with Gasteiger partial charge in [-0.05, 0) is 18.6 Å². The van der Waals surface area contributed by atoms with E-state index in [9.17, 15) is 13.2 Å². The predicted molar refractivity (Wildman–Crippen MR) is 85.5 cm³/mol. The maximum absolute atomic E-state index is 11.8. The van der Waals surface area contributed by atoms with Crippen molar-refractivity contribution in [1.82, 2.24) is 10.3 Å². The van der Waals surface area contributed by atoms with E-state index >= 15 is 0 Å². The van der Waals surface area contributed by atoms with E-state index in [1.54, 1.807) is 11.3 Å². The molecule has 1 atom stereocenters. The zero-order valence-electron chi connectivity index (χ0n) is 11.1. The Kier molecular flexibility index (Phi) is 4.19. The van der Waals surface area contributed by atoms with Crippen LogP contribution in [0.3, 0.4) is 0 Å². The number of amides is 1. The molecule has 8 heteroatoms. The number of thioether (sulfide) groups is 1. The highest BCUT2D eigenvalue weighted by molar-refractivity contribution is 8.01. The van der Waals surface area contributed by atoms with Crippen LogP contribution in [0.15, 0.2) is 28.6 Å². The Bertz CT molecular complexity index is 737. The molecule has 1 aromatic heterocycles. The Labute approximate surface area is 131 Å². The number of benzene rings is 1. The molecule has 1 aromatic carbocycles. The summed E-state index contributed by atoms with van der Waals surface area (Å²) in [7, 11) is -2.96. The Morgan fingerprint density at radius 3 is 2.95 bits per heavy atom. The summed E-state index contributed by atoms with van der Waals surface area (Å²) >= 11 is 2.94. The fraction of sp³-hybridized carbons (Fsp3) is 0.385. The van der Waals surface area contributed by atoms with Gasteiger partial charge in [0.25, 0.3) is 0 Å². The van der Waals surface area contributed by atoms with Crippen LogP contribution in [0.5, 0.6) is 0 Å². The maximum Gasteiger partial charge on any atom is 0.230 e. The van der Waals surface area contributed by atoms with Crippen molar-refractivity contribution in [3.05, 3.63) is 24.3 Å². The Hall–Kier alpha value is -1.12. The van der Waals surface area contributed by atoms with Crippen molar-refractivity contribution in [1.29, 1.82) is 0 Å². The number of hydrogen-bond acceptors (Lipinski definition) is 6. The normalized spacial score (nSPS) is 20.7. The first kappa shape index (κ1) is 14.8. The van der Waals surface area contributed by atoms with Crippen LogP contribution < -0.4 is 5.32 Å². The van der Waals surface area contributed by atoms with Gasteiger partial charge in [0, 0.05) is 6.04 Å². The monoisotopic (exact) mass is 342 g/mol. The third kappa shape index (κ3) is 3.75. The molecule has 1 saturated heterocycles. The number of fused-ring (bicyclic) bond motifs is 1. The minimum Gasteiger partial charge on any atom is -0.352 e. The van der Waals surface area contributed by atoms with E-state index in [0.717, 1.165) is 14.6 Å². The van der Waals surface area contributed by atoms with Gasteiger partial charge >= 0.3 is 0 Å². The Morgan fingerprint density at radius 2 is 2.24 bits per heavy atom. The van der Waals surface area contributed by atoms with Gasteiger partial charge in [0.2, 0.25) is 5.91 Å². The van der Waals surface area contributed by atoms with E-state index < -0.39 is 9.84 Å². The standard InChI is InChI=1S/C13H14N2O3S3/c16-12(14-9-5-6-21(17,18)8-9)7-19-13-15-10-3-1-2-4-11(10)20-13/h1-4,9H,5-8H2,(H,14,16)/t9-/m0/s1. The zero-order chi connectivity index (χ0) is 14.9. The highest BCUT2D eigenvalue weighted by Gasteiger charge is 2.28. The summed E-state index contributed by atoms with van der Waals surface area (Å²) in [6, 6.07) is 7.60. The number of thiazole rings is 1. The average Bonchev–Trinajstić information content (AvgIpc) is 2.99. The van der Waals surface area contributed by atoms with Gasteiger partial charge in [-0.1, -0.05) is 23.9 Å². The molecule has 5 nitrogen and oxygen atoms in total. The van der Waals surface area contributed by atoms with Crippen LogP contribution in [0.1, 0.15) is 6.42 Å². The van der Waals surface area contributed by atoms with Crippen molar-refractivity contribution in [2.45, 2.75) is 16.8 Å². The summed E-state index contributed by atoms with van der Waals surface area (Å²) < 4.78 is 24.6. The number of aromatic nitrogens is 1. The molecule has 2 aromatic rings. The molecule has 3 rings (SSSR count). The van der Waals surface area contributed by atoms with E-state index in [1.165, 1.54) is 11.8 Å². The van der Waals surface area contributed by atoms with E-state index in [4.69, 9.17) is 0 Å². The summed E-state index contributed by atoms with van der Waals surface area (Å²) in [5.41, 5.74) is 0.937. The number of nitrogens with one attached hydrogen (secondary N) is 1. The molecule has 21 heavy (non-hydrogen) atoms. The highest BCUT2D eigenvalue weighted by Crippen LogP contribution is 2.29. The molecule has 0 bridgehead atoms. The first-order valence-corrected chi connectivity index (χ1v) is 10.1. The van der Waals surface area contributed by atoms with Crippen molar-refractivity contribution in [2.75, 3.05) is 17.3 Å². The maximum atomic E-state index is 11.8. The molecule has 112 valence electrons. The number of para-hydroxylation sites is 1. The molecular weight excluding hydrogens is 328 g/mol. The summed E-state index contributed by atoms with van der Waals surface area (Å²) in [6.45, 7) is 0. The molecule has 0 aliphatic carbocycles. The van der Waals surface area contributed by atoms with Crippen molar-refractivity contribution in [2.24, 2.45) is 0 Å². The first-order valence-electron chi connectivity index (χ1n) is 6.50. The van der Waals surface area contributed by atoms with Crippen LogP contribution in [0.2, 0.25) is 0 Å². The second kappa shape index (κ2) is 5.94. The van der Waals surface area contributed by atoms with E-state index in [-0.39, 0.29) is 29.2 Å². The van der Waals surface area contributed by atoms with Crippen LogP contribution in [0, 0.1) is 0 Å². The predicted octanol–water partition coefficient (Wildman–Crippen LogP) is 1.69. The van der Waals surface area contributed by atoms with Gasteiger partial charge in [-0.2, -0.15) is 0 Å². The molecule has 0 spiro atoms. The second-order valence-electron chi connectivity index (χ2n) is 4.90. The molecule has 0 radical (unpaired) electrons. The molecular formula is C13H14N2O3S3. The summed E-state index contributed by atoms with van der Waals surface area (Å²) in [5.74, 6) is 0.352. The van der Waals surface area contributed by atoms with E-state index in [1.807, 2.05) is 24.3 Å². The lowest BCUT2D eigenvalue weighted by atomic mass is 10.3. The number of carbonyl (C=O) groups is 1. The highest BCUT2D eigenvalue weighted by atomic mass is 32.2. The summed E-state index contributed by atoms with van der Waals surface area (Å²) in [4.78, 5) is 16.3. The van der Waals surface area contributed by atoms with Gasteiger partial charge in [-0.3, -0.25) is 4.79 Å². The van der Waals surface area contributed by atoms with Gasteiger partial charge in [0.15, 0.2) is 14.2 Å². The SMILES string of the molecule is O=C(CSc1nc2ccccc2s1)N[C@H]1CCS(=O)(=O)C1. The van der Waals surface area contributed by atoms with Gasteiger partial charge in [-0.25, -0.2) is 13.4 Å². The fourth-order valence-corrected chi connectivity index (χ4v) is 5.77. The van der Waals surface area contributed by atoms with Gasteiger partial charge in [-0.15, -0.1) is 11.3 Å². The van der Waals surface area contributed by atoms with Crippen LogP contribution >= 0.6 is 23.1 Å². The number of sulfone groups is 1.